The van der Waals surface area contributed by atoms with E-state index in [-0.39, 0.29) is 0 Å². The van der Waals surface area contributed by atoms with Gasteiger partial charge in [0.2, 0.25) is 6.23 Å². The van der Waals surface area contributed by atoms with Crippen LogP contribution in [-0.2, 0) is 11.3 Å². The Morgan fingerprint density at radius 1 is 1.26 bits per heavy atom. The van der Waals surface area contributed by atoms with Gasteiger partial charge >= 0.3 is 0 Å². The van der Waals surface area contributed by atoms with E-state index in [9.17, 15) is 0 Å². The molecule has 4 heteroatoms. The van der Waals surface area contributed by atoms with E-state index in [1.54, 1.807) is 6.21 Å². The normalized spacial score (nSPS) is 18.8. The highest BCUT2D eigenvalue weighted by molar-refractivity contribution is 7.80. The van der Waals surface area contributed by atoms with E-state index in [0.717, 1.165) is 17.7 Å². The van der Waals surface area contributed by atoms with Crippen molar-refractivity contribution in [2.75, 3.05) is 0 Å². The van der Waals surface area contributed by atoms with Crippen molar-refractivity contribution in [3.63, 3.8) is 0 Å². The summed E-state index contributed by atoms with van der Waals surface area (Å²) in [5, 5.41) is 0. The maximum absolute atomic E-state index is 5.75. The largest absolute Gasteiger partial charge is 0.345 e. The molecule has 0 amide bonds. The van der Waals surface area contributed by atoms with Crippen LogP contribution < -0.4 is 0 Å². The number of ether oxygens (including phenoxy) is 1. The third kappa shape index (κ3) is 4.33. The minimum absolute atomic E-state index is 0.422. The van der Waals surface area contributed by atoms with Gasteiger partial charge in [-0.15, -0.1) is 0 Å². The lowest BCUT2D eigenvalue weighted by molar-refractivity contribution is 0.0907. The zero-order chi connectivity index (χ0) is 13.7. The topological polar surface area (TPSA) is 34.0 Å². The van der Waals surface area contributed by atoms with E-state index in [4.69, 9.17) is 17.0 Å². The Labute approximate surface area is 119 Å². The van der Waals surface area contributed by atoms with Gasteiger partial charge in [0.15, 0.2) is 4.99 Å². The number of rotatable bonds is 5. The molecule has 0 saturated heterocycles. The van der Waals surface area contributed by atoms with Crippen LogP contribution in [0, 0.1) is 5.92 Å². The van der Waals surface area contributed by atoms with Crippen molar-refractivity contribution in [3.8, 4) is 0 Å². The average Bonchev–Trinajstić information content (AvgIpc) is 2.40. The molecule has 1 unspecified atom stereocenters. The van der Waals surface area contributed by atoms with Gasteiger partial charge in [0.05, 0.1) is 12.3 Å². The summed E-state index contributed by atoms with van der Waals surface area (Å²) in [5.74, 6) is 0.548. The highest BCUT2D eigenvalue weighted by Crippen LogP contribution is 2.12. The number of benzene rings is 1. The maximum atomic E-state index is 5.75. The molecular formula is C15H18N2OS. The van der Waals surface area contributed by atoms with E-state index in [2.05, 4.69) is 23.8 Å². The molecule has 0 fully saturated rings. The number of nitrogens with zero attached hydrogens (tertiary/aromatic N) is 2. The molecule has 1 aromatic carbocycles. The summed E-state index contributed by atoms with van der Waals surface area (Å²) in [6.07, 6.45) is 2.23. The van der Waals surface area contributed by atoms with Gasteiger partial charge in [-0.1, -0.05) is 56.4 Å². The van der Waals surface area contributed by atoms with Crippen LogP contribution in [0.5, 0.6) is 0 Å². The molecule has 0 radical (unpaired) electrons. The second kappa shape index (κ2) is 6.68. The summed E-state index contributed by atoms with van der Waals surface area (Å²) >= 11 is 5.18. The van der Waals surface area contributed by atoms with E-state index in [1.165, 1.54) is 0 Å². The SMILES string of the molecule is CC(C)CC1=NC(OCc2ccccc2)C(=S)N=C1. The molecule has 0 aromatic heterocycles. The number of thiocarbonyl (C=S) groups is 1. The second-order valence-electron chi connectivity index (χ2n) is 4.96. The first-order chi connectivity index (χ1) is 9.15. The van der Waals surface area contributed by atoms with Crippen LogP contribution in [0.15, 0.2) is 40.3 Å². The van der Waals surface area contributed by atoms with Crippen molar-refractivity contribution in [2.45, 2.75) is 33.1 Å². The van der Waals surface area contributed by atoms with Gasteiger partial charge in [0.25, 0.3) is 0 Å². The van der Waals surface area contributed by atoms with Crippen molar-refractivity contribution >= 4 is 29.1 Å². The highest BCUT2D eigenvalue weighted by Gasteiger charge is 2.18. The van der Waals surface area contributed by atoms with Crippen molar-refractivity contribution in [1.82, 2.24) is 0 Å². The Morgan fingerprint density at radius 2 is 2.00 bits per heavy atom. The molecule has 1 atom stereocenters. The van der Waals surface area contributed by atoms with Gasteiger partial charge in [-0.2, -0.15) is 0 Å². The Bertz CT molecular complexity index is 494. The van der Waals surface area contributed by atoms with Crippen molar-refractivity contribution in [3.05, 3.63) is 35.9 Å². The molecule has 1 heterocycles. The van der Waals surface area contributed by atoms with Gasteiger partial charge in [-0.25, -0.2) is 9.98 Å². The fraction of sp³-hybridized carbons (Fsp3) is 0.400. The monoisotopic (exact) mass is 274 g/mol. The molecule has 1 aliphatic rings. The van der Waals surface area contributed by atoms with Gasteiger partial charge < -0.3 is 4.74 Å². The molecular weight excluding hydrogens is 256 g/mol. The molecule has 1 aromatic rings. The first kappa shape index (κ1) is 14.0. The summed E-state index contributed by atoms with van der Waals surface area (Å²) in [4.78, 5) is 9.23. The number of aliphatic imine (C=N–C) groups is 2. The fourth-order valence-electron chi connectivity index (χ4n) is 1.82. The molecule has 19 heavy (non-hydrogen) atoms. The third-order valence-electron chi connectivity index (χ3n) is 2.70. The van der Waals surface area contributed by atoms with E-state index >= 15 is 0 Å². The standard InChI is InChI=1S/C15H18N2OS/c1-11(2)8-13-9-16-15(19)14(17-13)18-10-12-6-4-3-5-7-12/h3-7,9,11,14H,8,10H2,1-2H3. The first-order valence-electron chi connectivity index (χ1n) is 6.45. The zero-order valence-corrected chi connectivity index (χ0v) is 12.1. The van der Waals surface area contributed by atoms with Gasteiger partial charge in [0, 0.05) is 6.21 Å². The van der Waals surface area contributed by atoms with Crippen LogP contribution in [0.3, 0.4) is 0 Å². The second-order valence-corrected chi connectivity index (χ2v) is 5.38. The van der Waals surface area contributed by atoms with Gasteiger partial charge in [-0.3, -0.25) is 0 Å². The lowest BCUT2D eigenvalue weighted by Gasteiger charge is -2.18. The van der Waals surface area contributed by atoms with E-state index < -0.39 is 6.23 Å². The average molecular weight is 274 g/mol. The highest BCUT2D eigenvalue weighted by atomic mass is 32.1. The van der Waals surface area contributed by atoms with E-state index in [0.29, 0.717) is 17.5 Å². The van der Waals surface area contributed by atoms with Gasteiger partial charge in [0.1, 0.15) is 0 Å². The van der Waals surface area contributed by atoms with Gasteiger partial charge in [-0.05, 0) is 17.9 Å². The fourth-order valence-corrected chi connectivity index (χ4v) is 2.00. The molecule has 0 aliphatic carbocycles. The maximum Gasteiger partial charge on any atom is 0.201 e. The van der Waals surface area contributed by atoms with Crippen LogP contribution in [0.25, 0.3) is 0 Å². The summed E-state index contributed by atoms with van der Waals surface area (Å²) in [5.41, 5.74) is 2.07. The molecule has 0 saturated carbocycles. The third-order valence-corrected chi connectivity index (χ3v) is 3.01. The summed E-state index contributed by atoms with van der Waals surface area (Å²) in [6.45, 7) is 4.81. The predicted octanol–water partition coefficient (Wildman–Crippen LogP) is 3.43. The molecule has 2 rings (SSSR count). The smallest absolute Gasteiger partial charge is 0.201 e. The summed E-state index contributed by atoms with van der Waals surface area (Å²) in [7, 11) is 0. The van der Waals surface area contributed by atoms with E-state index in [1.807, 2.05) is 30.3 Å². The van der Waals surface area contributed by atoms with Crippen LogP contribution in [0.2, 0.25) is 0 Å². The molecule has 0 spiro atoms. The summed E-state index contributed by atoms with van der Waals surface area (Å²) in [6, 6.07) is 10.0. The van der Waals surface area contributed by atoms with Crippen molar-refractivity contribution < 1.29 is 4.74 Å². The Hall–Kier alpha value is -1.39. The minimum atomic E-state index is -0.422. The molecule has 0 bridgehead atoms. The lowest BCUT2D eigenvalue weighted by atomic mass is 10.1. The van der Waals surface area contributed by atoms with Crippen LogP contribution >= 0.6 is 12.2 Å². The summed E-state index contributed by atoms with van der Waals surface area (Å²) < 4.78 is 5.75. The van der Waals surface area contributed by atoms with Crippen LogP contribution in [-0.4, -0.2) is 23.1 Å². The quantitative estimate of drug-likeness (QED) is 0.771. The Morgan fingerprint density at radius 3 is 2.68 bits per heavy atom. The van der Waals surface area contributed by atoms with Crippen LogP contribution in [0.1, 0.15) is 25.8 Å². The van der Waals surface area contributed by atoms with Crippen molar-refractivity contribution in [1.29, 1.82) is 0 Å². The Kier molecular flexibility index (Phi) is 4.93. The molecule has 0 N–H and O–H groups in total. The lowest BCUT2D eigenvalue weighted by Crippen LogP contribution is -2.26. The minimum Gasteiger partial charge on any atom is -0.345 e. The van der Waals surface area contributed by atoms with Crippen molar-refractivity contribution in [2.24, 2.45) is 15.9 Å². The molecule has 1 aliphatic heterocycles. The molecule has 100 valence electrons. The Balaban J connectivity index is 1.97. The number of hydrogen-bond acceptors (Lipinski definition) is 3. The number of hydrogen-bond donors (Lipinski definition) is 0. The first-order valence-corrected chi connectivity index (χ1v) is 6.86. The van der Waals surface area contributed by atoms with Crippen LogP contribution in [0.4, 0.5) is 0 Å². The predicted molar refractivity (Wildman–Crippen MR) is 83.0 cm³/mol. The molecule has 3 nitrogen and oxygen atoms in total. The zero-order valence-electron chi connectivity index (χ0n) is 11.2.